The van der Waals surface area contributed by atoms with Crippen LogP contribution in [0.2, 0.25) is 0 Å². The largest absolute Gasteiger partial charge is 0.368 e. The van der Waals surface area contributed by atoms with Gasteiger partial charge in [0.05, 0.1) is 11.9 Å². The molecule has 0 spiro atoms. The van der Waals surface area contributed by atoms with Crippen molar-refractivity contribution in [3.8, 4) is 0 Å². The SMILES string of the molecule is NC(=O)[C@H](NC(=O)Cc1cccc2cccnc12)c1ccccc1. The normalized spacial score (nSPS) is 11.8. The molecular weight excluding hydrogens is 302 g/mol. The van der Waals surface area contributed by atoms with E-state index in [9.17, 15) is 9.59 Å². The molecule has 0 saturated carbocycles. The molecule has 24 heavy (non-hydrogen) atoms. The van der Waals surface area contributed by atoms with E-state index in [0.717, 1.165) is 16.5 Å². The number of fused-ring (bicyclic) bond motifs is 1. The number of hydrogen-bond acceptors (Lipinski definition) is 3. The molecule has 3 rings (SSSR count). The third-order valence-corrected chi connectivity index (χ3v) is 3.79. The van der Waals surface area contributed by atoms with Crippen LogP contribution in [0.3, 0.4) is 0 Å². The number of carbonyl (C=O) groups is 2. The third-order valence-electron chi connectivity index (χ3n) is 3.79. The predicted octanol–water partition coefficient (Wildman–Crippen LogP) is 2.12. The van der Waals surface area contributed by atoms with Gasteiger partial charge in [-0.3, -0.25) is 14.6 Å². The number of primary amides is 1. The van der Waals surface area contributed by atoms with E-state index in [1.807, 2.05) is 36.4 Å². The molecule has 2 amide bonds. The van der Waals surface area contributed by atoms with Gasteiger partial charge in [-0.15, -0.1) is 0 Å². The molecule has 0 aliphatic heterocycles. The summed E-state index contributed by atoms with van der Waals surface area (Å²) in [5.74, 6) is -0.869. The summed E-state index contributed by atoms with van der Waals surface area (Å²) >= 11 is 0. The van der Waals surface area contributed by atoms with Crippen molar-refractivity contribution in [1.29, 1.82) is 0 Å². The zero-order chi connectivity index (χ0) is 16.9. The van der Waals surface area contributed by atoms with Crippen LogP contribution >= 0.6 is 0 Å². The second-order valence-corrected chi connectivity index (χ2v) is 5.48. The van der Waals surface area contributed by atoms with Crippen molar-refractivity contribution in [3.05, 3.63) is 78.0 Å². The molecule has 0 aliphatic rings. The van der Waals surface area contributed by atoms with Crippen LogP contribution in [0.25, 0.3) is 10.9 Å². The van der Waals surface area contributed by atoms with E-state index < -0.39 is 11.9 Å². The topological polar surface area (TPSA) is 85.1 Å². The van der Waals surface area contributed by atoms with Gasteiger partial charge in [0.1, 0.15) is 6.04 Å². The number of rotatable bonds is 5. The van der Waals surface area contributed by atoms with E-state index in [1.165, 1.54) is 0 Å². The van der Waals surface area contributed by atoms with Gasteiger partial charge in [0.15, 0.2) is 0 Å². The Kier molecular flexibility index (Phi) is 4.52. The lowest BCUT2D eigenvalue weighted by Gasteiger charge is -2.16. The predicted molar refractivity (Wildman–Crippen MR) is 92.0 cm³/mol. The smallest absolute Gasteiger partial charge is 0.244 e. The first-order valence-electron chi connectivity index (χ1n) is 7.61. The van der Waals surface area contributed by atoms with Gasteiger partial charge >= 0.3 is 0 Å². The molecular formula is C19H17N3O2. The van der Waals surface area contributed by atoms with Crippen molar-refractivity contribution in [3.63, 3.8) is 0 Å². The van der Waals surface area contributed by atoms with Gasteiger partial charge in [0.25, 0.3) is 0 Å². The molecule has 0 unspecified atom stereocenters. The number of nitrogens with two attached hydrogens (primary N) is 1. The average molecular weight is 319 g/mol. The zero-order valence-corrected chi connectivity index (χ0v) is 13.0. The Morgan fingerprint density at radius 1 is 1.00 bits per heavy atom. The minimum atomic E-state index is -0.846. The summed E-state index contributed by atoms with van der Waals surface area (Å²) in [6, 6.07) is 17.6. The van der Waals surface area contributed by atoms with Crippen LogP contribution < -0.4 is 11.1 Å². The Labute approximate surface area is 139 Å². The Morgan fingerprint density at radius 2 is 1.75 bits per heavy atom. The Hall–Kier alpha value is -3.21. The van der Waals surface area contributed by atoms with Crippen LogP contribution in [0.15, 0.2) is 66.9 Å². The standard InChI is InChI=1S/C19H17N3O2/c20-19(24)18(14-6-2-1-3-7-14)22-16(23)12-15-9-4-8-13-10-5-11-21-17(13)15/h1-11,18H,12H2,(H2,20,24)(H,22,23)/t18-/m1/s1. The molecule has 5 nitrogen and oxygen atoms in total. The molecule has 0 fully saturated rings. The first-order valence-corrected chi connectivity index (χ1v) is 7.61. The molecule has 0 aliphatic carbocycles. The van der Waals surface area contributed by atoms with Crippen molar-refractivity contribution < 1.29 is 9.59 Å². The molecule has 1 heterocycles. The van der Waals surface area contributed by atoms with Crippen molar-refractivity contribution in [2.75, 3.05) is 0 Å². The number of nitrogens with zero attached hydrogens (tertiary/aromatic N) is 1. The molecule has 3 N–H and O–H groups in total. The van der Waals surface area contributed by atoms with Gasteiger partial charge in [-0.2, -0.15) is 0 Å². The van der Waals surface area contributed by atoms with E-state index >= 15 is 0 Å². The number of amides is 2. The van der Waals surface area contributed by atoms with Gasteiger partial charge in [-0.05, 0) is 17.2 Å². The fraction of sp³-hybridized carbons (Fsp3) is 0.105. The van der Waals surface area contributed by atoms with Gasteiger partial charge < -0.3 is 11.1 Å². The third kappa shape index (κ3) is 3.41. The molecule has 3 aromatic rings. The summed E-state index contributed by atoms with van der Waals surface area (Å²) in [6.07, 6.45) is 1.82. The number of benzene rings is 2. The van der Waals surface area contributed by atoms with E-state index in [0.29, 0.717) is 5.56 Å². The summed E-state index contributed by atoms with van der Waals surface area (Å²) in [4.78, 5) is 28.4. The highest BCUT2D eigenvalue weighted by atomic mass is 16.2. The number of pyridine rings is 1. The first-order chi connectivity index (χ1) is 11.6. The van der Waals surface area contributed by atoms with E-state index in [2.05, 4.69) is 10.3 Å². The molecule has 0 saturated heterocycles. The second-order valence-electron chi connectivity index (χ2n) is 5.48. The number of hydrogen-bond donors (Lipinski definition) is 2. The van der Waals surface area contributed by atoms with Gasteiger partial charge in [0.2, 0.25) is 11.8 Å². The van der Waals surface area contributed by atoms with Crippen LogP contribution in [0, 0.1) is 0 Å². The number of carbonyl (C=O) groups excluding carboxylic acids is 2. The monoisotopic (exact) mass is 319 g/mol. The van der Waals surface area contributed by atoms with E-state index in [1.54, 1.807) is 30.5 Å². The maximum absolute atomic E-state index is 12.4. The van der Waals surface area contributed by atoms with Crippen LogP contribution in [-0.2, 0) is 16.0 Å². The van der Waals surface area contributed by atoms with Gasteiger partial charge in [0, 0.05) is 11.6 Å². The summed E-state index contributed by atoms with van der Waals surface area (Å²) in [6.45, 7) is 0. The molecule has 0 bridgehead atoms. The minimum Gasteiger partial charge on any atom is -0.368 e. The average Bonchev–Trinajstić information content (AvgIpc) is 2.60. The molecule has 2 aromatic carbocycles. The second kappa shape index (κ2) is 6.91. The molecule has 1 aromatic heterocycles. The number of aromatic nitrogens is 1. The summed E-state index contributed by atoms with van der Waals surface area (Å²) in [5, 5.41) is 3.67. The Morgan fingerprint density at radius 3 is 2.50 bits per heavy atom. The number of para-hydroxylation sites is 1. The minimum absolute atomic E-state index is 0.130. The van der Waals surface area contributed by atoms with Gasteiger partial charge in [-0.1, -0.05) is 54.6 Å². The van der Waals surface area contributed by atoms with Crippen LogP contribution in [0.5, 0.6) is 0 Å². The van der Waals surface area contributed by atoms with E-state index in [-0.39, 0.29) is 12.3 Å². The highest BCUT2D eigenvalue weighted by Gasteiger charge is 2.20. The highest BCUT2D eigenvalue weighted by molar-refractivity contribution is 5.91. The lowest BCUT2D eigenvalue weighted by molar-refractivity contribution is -0.127. The van der Waals surface area contributed by atoms with Crippen molar-refractivity contribution in [2.24, 2.45) is 5.73 Å². The lowest BCUT2D eigenvalue weighted by atomic mass is 10.0. The first kappa shape index (κ1) is 15.7. The molecule has 1 atom stereocenters. The summed E-state index contributed by atoms with van der Waals surface area (Å²) < 4.78 is 0. The maximum Gasteiger partial charge on any atom is 0.244 e. The van der Waals surface area contributed by atoms with Crippen molar-refractivity contribution in [2.45, 2.75) is 12.5 Å². The fourth-order valence-corrected chi connectivity index (χ4v) is 2.66. The van der Waals surface area contributed by atoms with Crippen molar-refractivity contribution in [1.82, 2.24) is 10.3 Å². The van der Waals surface area contributed by atoms with Crippen LogP contribution in [-0.4, -0.2) is 16.8 Å². The summed E-state index contributed by atoms with van der Waals surface area (Å²) in [7, 11) is 0. The highest BCUT2D eigenvalue weighted by Crippen LogP contribution is 2.17. The quantitative estimate of drug-likeness (QED) is 0.755. The fourth-order valence-electron chi connectivity index (χ4n) is 2.66. The number of nitrogens with one attached hydrogen (secondary N) is 1. The van der Waals surface area contributed by atoms with Crippen LogP contribution in [0.4, 0.5) is 0 Å². The van der Waals surface area contributed by atoms with E-state index in [4.69, 9.17) is 5.73 Å². The van der Waals surface area contributed by atoms with Crippen molar-refractivity contribution >= 4 is 22.7 Å². The lowest BCUT2D eigenvalue weighted by Crippen LogP contribution is -2.38. The Balaban J connectivity index is 1.80. The van der Waals surface area contributed by atoms with Gasteiger partial charge in [-0.25, -0.2) is 0 Å². The molecule has 0 radical (unpaired) electrons. The summed E-state index contributed by atoms with van der Waals surface area (Å²) in [5.41, 5.74) is 7.69. The molecule has 120 valence electrons. The maximum atomic E-state index is 12.4. The molecule has 5 heteroatoms. The van der Waals surface area contributed by atoms with Crippen LogP contribution in [0.1, 0.15) is 17.2 Å². The zero-order valence-electron chi connectivity index (χ0n) is 13.0. The Bertz CT molecular complexity index is 873.